The summed E-state index contributed by atoms with van der Waals surface area (Å²) in [5.41, 5.74) is 3.84. The van der Waals surface area contributed by atoms with Crippen LogP contribution in [0.25, 0.3) is 10.3 Å². The summed E-state index contributed by atoms with van der Waals surface area (Å²) in [4.78, 5) is 24.1. The van der Waals surface area contributed by atoms with Gasteiger partial charge in [-0.2, -0.15) is 0 Å². The number of imidazole rings is 1. The molecule has 3 rings (SSSR count). The lowest BCUT2D eigenvalue weighted by molar-refractivity contribution is 0.123. The van der Waals surface area contributed by atoms with Crippen molar-refractivity contribution in [2.24, 2.45) is 0 Å². The first-order valence-electron chi connectivity index (χ1n) is 7.39. The van der Waals surface area contributed by atoms with E-state index in [2.05, 4.69) is 19.7 Å². The Labute approximate surface area is 152 Å². The van der Waals surface area contributed by atoms with Crippen molar-refractivity contribution in [1.82, 2.24) is 15.0 Å². The zero-order valence-corrected chi connectivity index (χ0v) is 15.8. The quantitative estimate of drug-likeness (QED) is 0.528. The lowest BCUT2D eigenvalue weighted by atomic mass is 10.1. The fraction of sp³-hybridized carbons (Fsp3) is 0.312. The number of pyridine rings is 1. The van der Waals surface area contributed by atoms with Gasteiger partial charge in [0.2, 0.25) is 0 Å². The van der Waals surface area contributed by atoms with Crippen LogP contribution in [0.2, 0.25) is 0 Å². The average molecular weight is 379 g/mol. The van der Waals surface area contributed by atoms with Gasteiger partial charge < -0.3 is 19.2 Å². The van der Waals surface area contributed by atoms with E-state index in [1.165, 1.54) is 18.4 Å². The number of ether oxygens (including phenoxy) is 3. The Morgan fingerprint density at radius 1 is 1.36 bits per heavy atom. The molecule has 25 heavy (non-hydrogen) atoms. The fourth-order valence-electron chi connectivity index (χ4n) is 2.36. The summed E-state index contributed by atoms with van der Waals surface area (Å²) in [6.45, 7) is 3.98. The first-order chi connectivity index (χ1) is 12.0. The molecule has 0 atom stereocenters. The molecule has 0 aliphatic rings. The third-order valence-electron chi connectivity index (χ3n) is 3.58. The molecule has 0 aliphatic heterocycles. The molecule has 0 aliphatic carbocycles. The normalized spacial score (nSPS) is 10.9. The van der Waals surface area contributed by atoms with Gasteiger partial charge in [-0.1, -0.05) is 23.1 Å². The van der Waals surface area contributed by atoms with Gasteiger partial charge in [-0.3, -0.25) is 4.98 Å². The van der Waals surface area contributed by atoms with Crippen molar-refractivity contribution in [2.75, 3.05) is 14.2 Å². The Bertz CT molecular complexity index is 888. The summed E-state index contributed by atoms with van der Waals surface area (Å²) in [5, 5.41) is 1.23. The van der Waals surface area contributed by atoms with Gasteiger partial charge in [-0.25, -0.2) is 9.78 Å². The third kappa shape index (κ3) is 3.72. The van der Waals surface area contributed by atoms with Crippen molar-refractivity contribution in [3.8, 4) is 10.8 Å². The van der Waals surface area contributed by atoms with Crippen LogP contribution in [0.15, 0.2) is 17.4 Å². The van der Waals surface area contributed by atoms with Gasteiger partial charge in [-0.05, 0) is 13.8 Å². The van der Waals surface area contributed by atoms with Crippen LogP contribution >= 0.6 is 23.1 Å². The number of thiophene rings is 1. The Balaban J connectivity index is 1.72. The van der Waals surface area contributed by atoms with Crippen LogP contribution in [-0.4, -0.2) is 35.3 Å². The molecule has 0 bridgehead atoms. The highest BCUT2D eigenvalue weighted by Gasteiger charge is 2.14. The number of hydrogen-bond acceptors (Lipinski definition) is 8. The van der Waals surface area contributed by atoms with Crippen molar-refractivity contribution in [1.29, 1.82) is 0 Å². The molecule has 0 radical (unpaired) electrons. The molecule has 0 amide bonds. The third-order valence-corrected chi connectivity index (χ3v) is 5.37. The second-order valence-electron chi connectivity index (χ2n) is 5.22. The summed E-state index contributed by atoms with van der Waals surface area (Å²) >= 11 is 2.84. The predicted octanol–water partition coefficient (Wildman–Crippen LogP) is 4.08. The van der Waals surface area contributed by atoms with Gasteiger partial charge in [0.1, 0.15) is 10.6 Å². The molecule has 3 heterocycles. The number of aromatic nitrogens is 3. The maximum atomic E-state index is 11.1. The molecule has 132 valence electrons. The minimum absolute atomic E-state index is 0.443. The molecule has 0 aromatic carbocycles. The number of aromatic amines is 1. The maximum Gasteiger partial charge on any atom is 0.514 e. The van der Waals surface area contributed by atoms with E-state index >= 15 is 0 Å². The SMILES string of the molecule is COC(=O)Oc1cc2[nH]c(SCc3ncc(C)c(OC)c3C)nc2s1. The summed E-state index contributed by atoms with van der Waals surface area (Å²) in [6.07, 6.45) is 1.08. The van der Waals surface area contributed by atoms with Crippen LogP contribution in [0.3, 0.4) is 0 Å². The van der Waals surface area contributed by atoms with Crippen molar-refractivity contribution in [3.63, 3.8) is 0 Å². The Kier molecular flexibility index (Phi) is 5.14. The second-order valence-corrected chi connectivity index (χ2v) is 7.17. The molecule has 7 nitrogen and oxygen atoms in total. The monoisotopic (exact) mass is 379 g/mol. The summed E-state index contributed by atoms with van der Waals surface area (Å²) in [5.74, 6) is 1.55. The van der Waals surface area contributed by atoms with Crippen molar-refractivity contribution >= 4 is 39.6 Å². The minimum atomic E-state index is -0.742. The van der Waals surface area contributed by atoms with Crippen LogP contribution < -0.4 is 9.47 Å². The first kappa shape index (κ1) is 17.6. The maximum absolute atomic E-state index is 11.1. The fourth-order valence-corrected chi connectivity index (χ4v) is 4.16. The Morgan fingerprint density at radius 2 is 2.16 bits per heavy atom. The number of carbonyl (C=O) groups is 1. The molecular formula is C16H17N3O4S2. The van der Waals surface area contributed by atoms with Gasteiger partial charge in [0.05, 0.1) is 25.4 Å². The molecule has 0 saturated heterocycles. The van der Waals surface area contributed by atoms with Crippen LogP contribution in [0.4, 0.5) is 4.79 Å². The van der Waals surface area contributed by atoms with Gasteiger partial charge >= 0.3 is 6.16 Å². The van der Waals surface area contributed by atoms with Crippen LogP contribution in [-0.2, 0) is 10.5 Å². The summed E-state index contributed by atoms with van der Waals surface area (Å²) < 4.78 is 14.9. The lowest BCUT2D eigenvalue weighted by Gasteiger charge is -2.11. The minimum Gasteiger partial charge on any atom is -0.496 e. The average Bonchev–Trinajstić information content (AvgIpc) is 3.12. The Hall–Kier alpha value is -2.26. The van der Waals surface area contributed by atoms with E-state index in [-0.39, 0.29) is 0 Å². The highest BCUT2D eigenvalue weighted by molar-refractivity contribution is 7.98. The van der Waals surface area contributed by atoms with E-state index in [1.54, 1.807) is 24.9 Å². The molecule has 3 aromatic heterocycles. The molecule has 0 saturated carbocycles. The van der Waals surface area contributed by atoms with Gasteiger partial charge in [-0.15, -0.1) is 0 Å². The standard InChI is InChI=1S/C16H17N3O4S2/c1-8-6-17-11(9(2)13(8)21-3)7-24-15-18-10-5-12(23-16(20)22-4)25-14(10)19-15/h5-6H,7H2,1-4H3,(H,18,19). The largest absolute Gasteiger partial charge is 0.514 e. The number of aryl methyl sites for hydroxylation is 1. The topological polar surface area (TPSA) is 86.3 Å². The molecule has 1 N–H and O–H groups in total. The zero-order chi connectivity index (χ0) is 18.0. The van der Waals surface area contributed by atoms with E-state index < -0.39 is 6.16 Å². The van der Waals surface area contributed by atoms with Crippen LogP contribution in [0.1, 0.15) is 16.8 Å². The predicted molar refractivity (Wildman–Crippen MR) is 96.8 cm³/mol. The number of thioether (sulfide) groups is 1. The highest BCUT2D eigenvalue weighted by atomic mass is 32.2. The number of hydrogen-bond donors (Lipinski definition) is 1. The van der Waals surface area contributed by atoms with Crippen LogP contribution in [0, 0.1) is 13.8 Å². The molecule has 0 fully saturated rings. The van der Waals surface area contributed by atoms with Gasteiger partial charge in [0, 0.05) is 29.1 Å². The van der Waals surface area contributed by atoms with Crippen LogP contribution in [0.5, 0.6) is 10.8 Å². The van der Waals surface area contributed by atoms with E-state index in [1.807, 2.05) is 20.0 Å². The van der Waals surface area contributed by atoms with Gasteiger partial charge in [0.15, 0.2) is 10.2 Å². The number of H-pyrrole nitrogens is 1. The van der Waals surface area contributed by atoms with E-state index in [4.69, 9.17) is 9.47 Å². The number of methoxy groups -OCH3 is 2. The number of nitrogens with one attached hydrogen (secondary N) is 1. The molecular weight excluding hydrogens is 362 g/mol. The first-order valence-corrected chi connectivity index (χ1v) is 9.19. The molecule has 0 unspecified atom stereocenters. The molecule has 9 heteroatoms. The van der Waals surface area contributed by atoms with Gasteiger partial charge in [0.25, 0.3) is 0 Å². The number of carbonyl (C=O) groups excluding carboxylic acids is 1. The van der Waals surface area contributed by atoms with E-state index in [0.717, 1.165) is 38.1 Å². The van der Waals surface area contributed by atoms with Crippen molar-refractivity contribution in [3.05, 3.63) is 29.1 Å². The van der Waals surface area contributed by atoms with Crippen molar-refractivity contribution < 1.29 is 19.0 Å². The van der Waals surface area contributed by atoms with E-state index in [9.17, 15) is 4.79 Å². The zero-order valence-electron chi connectivity index (χ0n) is 14.2. The molecule has 3 aromatic rings. The lowest BCUT2D eigenvalue weighted by Crippen LogP contribution is -2.05. The van der Waals surface area contributed by atoms with E-state index in [0.29, 0.717) is 10.8 Å². The number of rotatable bonds is 5. The van der Waals surface area contributed by atoms with Crippen molar-refractivity contribution in [2.45, 2.75) is 24.8 Å². The second kappa shape index (κ2) is 7.32. The summed E-state index contributed by atoms with van der Waals surface area (Å²) in [7, 11) is 2.94. The Morgan fingerprint density at radius 3 is 2.84 bits per heavy atom. The number of nitrogens with zero attached hydrogens (tertiary/aromatic N) is 2. The number of fused-ring (bicyclic) bond motifs is 1. The molecule has 0 spiro atoms. The smallest absolute Gasteiger partial charge is 0.496 e. The summed E-state index contributed by atoms with van der Waals surface area (Å²) in [6, 6.07) is 1.73. The highest BCUT2D eigenvalue weighted by Crippen LogP contribution is 2.34.